The van der Waals surface area contributed by atoms with Crippen molar-refractivity contribution in [1.29, 1.82) is 0 Å². The van der Waals surface area contributed by atoms with Crippen molar-refractivity contribution in [3.05, 3.63) is 0 Å². The van der Waals surface area contributed by atoms with Gasteiger partial charge >= 0.3 is 35.5 Å². The first-order chi connectivity index (χ1) is 14.4. The Hall–Kier alpha value is 0.340. The molecule has 0 unspecified atom stereocenters. The molecule has 180 valence electrons. The standard InChI is InChI=1S/C23H47NO5S.Na/c1-3-4-5-6-7-8-9-10-11-12-13-14-15-16-19-24(21-18-23(25)29-2)20-17-22-30(26,27)28;/h3-22H2,1-2H3,(H,26,27,28);/q;+1/p-1. The summed E-state index contributed by atoms with van der Waals surface area (Å²) in [5.41, 5.74) is 0. The Balaban J connectivity index is 0. The molecule has 0 fully saturated rings. The monoisotopic (exact) mass is 471 g/mol. The first-order valence-electron chi connectivity index (χ1n) is 12.1. The minimum atomic E-state index is -4.17. The summed E-state index contributed by atoms with van der Waals surface area (Å²) in [7, 11) is -2.81. The van der Waals surface area contributed by atoms with Gasteiger partial charge in [-0.3, -0.25) is 4.79 Å². The molecule has 31 heavy (non-hydrogen) atoms. The van der Waals surface area contributed by atoms with E-state index >= 15 is 0 Å². The van der Waals surface area contributed by atoms with Crippen molar-refractivity contribution in [3.8, 4) is 0 Å². The molecular formula is C23H46NNaO5S. The number of unbranched alkanes of at least 4 members (excludes halogenated alkanes) is 13. The molecule has 0 aromatic heterocycles. The molecule has 0 aliphatic heterocycles. The molecule has 0 bridgehead atoms. The normalized spacial score (nSPS) is 11.5. The van der Waals surface area contributed by atoms with Gasteiger partial charge in [0.25, 0.3) is 0 Å². The van der Waals surface area contributed by atoms with E-state index in [-0.39, 0.29) is 41.3 Å². The Labute approximate surface area is 214 Å². The van der Waals surface area contributed by atoms with Crippen molar-refractivity contribution in [2.45, 2.75) is 110 Å². The van der Waals surface area contributed by atoms with Crippen LogP contribution in [0, 0.1) is 0 Å². The smallest absolute Gasteiger partial charge is 0.748 e. The maximum atomic E-state index is 11.4. The van der Waals surface area contributed by atoms with Crippen molar-refractivity contribution < 1.29 is 52.1 Å². The molecule has 0 aliphatic rings. The maximum Gasteiger partial charge on any atom is 1.00 e. The fourth-order valence-electron chi connectivity index (χ4n) is 3.68. The largest absolute Gasteiger partial charge is 1.00 e. The Morgan fingerprint density at radius 1 is 0.742 bits per heavy atom. The summed E-state index contributed by atoms with van der Waals surface area (Å²) >= 11 is 0. The van der Waals surface area contributed by atoms with Crippen molar-refractivity contribution in [1.82, 2.24) is 4.90 Å². The molecule has 8 heteroatoms. The molecule has 0 rings (SSSR count). The first kappa shape index (κ1) is 33.5. The van der Waals surface area contributed by atoms with Crippen LogP contribution in [-0.4, -0.2) is 56.3 Å². The van der Waals surface area contributed by atoms with Crippen LogP contribution in [0.2, 0.25) is 0 Å². The molecule has 0 N–H and O–H groups in total. The SMILES string of the molecule is CCCCCCCCCCCCCCCCN(CCCS(=O)(=O)[O-])CCC(=O)OC.[Na+]. The molecule has 0 amide bonds. The summed E-state index contributed by atoms with van der Waals surface area (Å²) in [6.07, 6.45) is 18.9. The van der Waals surface area contributed by atoms with Crippen LogP contribution in [0.15, 0.2) is 0 Å². The average Bonchev–Trinajstić information content (AvgIpc) is 2.70. The molecule has 0 saturated carbocycles. The third kappa shape index (κ3) is 26.5. The molecule has 0 atom stereocenters. The summed E-state index contributed by atoms with van der Waals surface area (Å²) < 4.78 is 37.0. The van der Waals surface area contributed by atoms with Gasteiger partial charge in [-0.15, -0.1) is 0 Å². The predicted octanol–water partition coefficient (Wildman–Crippen LogP) is 2.27. The van der Waals surface area contributed by atoms with Crippen LogP contribution in [-0.2, 0) is 19.6 Å². The van der Waals surface area contributed by atoms with Gasteiger partial charge in [-0.05, 0) is 25.9 Å². The van der Waals surface area contributed by atoms with E-state index in [4.69, 9.17) is 0 Å². The van der Waals surface area contributed by atoms with E-state index in [1.807, 2.05) is 0 Å². The van der Waals surface area contributed by atoms with Crippen molar-refractivity contribution >= 4 is 16.1 Å². The van der Waals surface area contributed by atoms with Gasteiger partial charge in [0.05, 0.1) is 23.6 Å². The summed E-state index contributed by atoms with van der Waals surface area (Å²) in [5, 5.41) is 0. The second-order valence-corrected chi connectivity index (χ2v) is 9.90. The summed E-state index contributed by atoms with van der Waals surface area (Å²) in [4.78, 5) is 13.4. The molecule has 0 aliphatic carbocycles. The van der Waals surface area contributed by atoms with Crippen molar-refractivity contribution in [2.24, 2.45) is 0 Å². The number of esters is 1. The van der Waals surface area contributed by atoms with Gasteiger partial charge in [0.2, 0.25) is 0 Å². The number of carbonyl (C=O) groups excluding carboxylic acids is 1. The topological polar surface area (TPSA) is 86.7 Å². The van der Waals surface area contributed by atoms with E-state index in [1.54, 1.807) is 0 Å². The van der Waals surface area contributed by atoms with Crippen LogP contribution >= 0.6 is 0 Å². The van der Waals surface area contributed by atoms with Gasteiger partial charge < -0.3 is 14.2 Å². The number of hydrogen-bond acceptors (Lipinski definition) is 6. The zero-order valence-electron chi connectivity index (χ0n) is 20.5. The van der Waals surface area contributed by atoms with Gasteiger partial charge in [-0.25, -0.2) is 8.42 Å². The van der Waals surface area contributed by atoms with E-state index in [2.05, 4.69) is 16.6 Å². The number of carbonyl (C=O) groups is 1. The third-order valence-electron chi connectivity index (χ3n) is 5.56. The third-order valence-corrected chi connectivity index (χ3v) is 6.35. The molecular weight excluding hydrogens is 425 g/mol. The second kappa shape index (κ2) is 23.5. The van der Waals surface area contributed by atoms with E-state index in [0.717, 1.165) is 19.4 Å². The van der Waals surface area contributed by atoms with Crippen LogP contribution in [0.5, 0.6) is 0 Å². The van der Waals surface area contributed by atoms with Gasteiger partial charge in [-0.1, -0.05) is 90.4 Å². The number of nitrogens with zero attached hydrogens (tertiary/aromatic N) is 1. The molecule has 0 aromatic carbocycles. The molecule has 0 saturated heterocycles. The van der Waals surface area contributed by atoms with E-state index in [0.29, 0.717) is 25.9 Å². The van der Waals surface area contributed by atoms with Crippen LogP contribution in [0.4, 0.5) is 0 Å². The van der Waals surface area contributed by atoms with Gasteiger partial charge in [0.15, 0.2) is 0 Å². The fraction of sp³-hybridized carbons (Fsp3) is 0.957. The Bertz CT molecular complexity index is 502. The fourth-order valence-corrected chi connectivity index (χ4v) is 4.16. The molecule has 0 aromatic rings. The van der Waals surface area contributed by atoms with Crippen LogP contribution in [0.1, 0.15) is 110 Å². The van der Waals surface area contributed by atoms with E-state index in [1.165, 1.54) is 84.2 Å². The zero-order chi connectivity index (χ0) is 22.5. The minimum Gasteiger partial charge on any atom is -0.748 e. The van der Waals surface area contributed by atoms with Crippen LogP contribution in [0.3, 0.4) is 0 Å². The number of methoxy groups -OCH3 is 1. The van der Waals surface area contributed by atoms with Crippen molar-refractivity contribution in [3.63, 3.8) is 0 Å². The van der Waals surface area contributed by atoms with Crippen molar-refractivity contribution in [2.75, 3.05) is 32.5 Å². The number of rotatable bonds is 22. The summed E-state index contributed by atoms with van der Waals surface area (Å²) in [5.74, 6) is -0.613. The molecule has 0 spiro atoms. The summed E-state index contributed by atoms with van der Waals surface area (Å²) in [6, 6.07) is 0. The first-order valence-corrected chi connectivity index (χ1v) is 13.7. The van der Waals surface area contributed by atoms with Gasteiger partial charge in [0, 0.05) is 12.3 Å². The number of ether oxygens (including phenoxy) is 1. The molecule has 6 nitrogen and oxygen atoms in total. The Morgan fingerprint density at radius 2 is 1.16 bits per heavy atom. The van der Waals surface area contributed by atoms with Gasteiger partial charge in [-0.2, -0.15) is 0 Å². The number of hydrogen-bond donors (Lipinski definition) is 0. The predicted molar refractivity (Wildman–Crippen MR) is 123 cm³/mol. The summed E-state index contributed by atoms with van der Waals surface area (Å²) in [6.45, 7) is 4.15. The van der Waals surface area contributed by atoms with Gasteiger partial charge in [0.1, 0.15) is 0 Å². The average molecular weight is 472 g/mol. The van der Waals surface area contributed by atoms with E-state index < -0.39 is 10.1 Å². The Kier molecular flexibility index (Phi) is 25.4. The maximum absolute atomic E-state index is 11.4. The quantitative estimate of drug-likeness (QED) is 0.104. The van der Waals surface area contributed by atoms with Crippen LogP contribution in [0.25, 0.3) is 0 Å². The van der Waals surface area contributed by atoms with Crippen LogP contribution < -0.4 is 29.6 Å². The van der Waals surface area contributed by atoms with E-state index in [9.17, 15) is 17.8 Å². The Morgan fingerprint density at radius 3 is 1.58 bits per heavy atom. The second-order valence-electron chi connectivity index (χ2n) is 8.38. The zero-order valence-corrected chi connectivity index (χ0v) is 23.4. The molecule has 0 radical (unpaired) electrons. The minimum absolute atomic E-state index is 0. The molecule has 0 heterocycles.